The van der Waals surface area contributed by atoms with Gasteiger partial charge in [0.15, 0.2) is 11.5 Å². The largest absolute Gasteiger partial charge is 0.496 e. The summed E-state index contributed by atoms with van der Waals surface area (Å²) < 4.78 is 22.6. The fourth-order valence-corrected chi connectivity index (χ4v) is 3.61. The first kappa shape index (κ1) is 15.7. The van der Waals surface area contributed by atoms with E-state index in [1.54, 1.807) is 13.2 Å². The van der Waals surface area contributed by atoms with Crippen LogP contribution in [0.25, 0.3) is 0 Å². The van der Waals surface area contributed by atoms with Crippen molar-refractivity contribution in [2.75, 3.05) is 13.9 Å². The second-order valence-corrected chi connectivity index (χ2v) is 6.42. The fourth-order valence-electron chi connectivity index (χ4n) is 3.05. The molecule has 4 rings (SSSR count). The Balaban J connectivity index is 1.91. The Bertz CT molecular complexity index is 949. The summed E-state index contributed by atoms with van der Waals surface area (Å²) in [4.78, 5) is 0. The van der Waals surface area contributed by atoms with Gasteiger partial charge in [-0.2, -0.15) is 5.26 Å². The van der Waals surface area contributed by atoms with Crippen LogP contribution in [0, 0.1) is 11.3 Å². The first-order chi connectivity index (χ1) is 12.1. The molecular weight excluding hydrogens is 388 g/mol. The SMILES string of the molecule is COc1ccc(C2C(C#N)=C(N)Oc3cc4c(cc32)OCO4)cc1Br. The lowest BCUT2D eigenvalue weighted by molar-refractivity contribution is 0.174. The van der Waals surface area contributed by atoms with Crippen molar-refractivity contribution in [1.29, 1.82) is 5.26 Å². The Morgan fingerprint density at radius 3 is 2.64 bits per heavy atom. The molecule has 0 spiro atoms. The number of benzene rings is 2. The second-order valence-electron chi connectivity index (χ2n) is 5.56. The van der Waals surface area contributed by atoms with E-state index in [1.807, 2.05) is 24.3 Å². The van der Waals surface area contributed by atoms with Crippen LogP contribution in [0.2, 0.25) is 0 Å². The third-order valence-electron chi connectivity index (χ3n) is 4.22. The van der Waals surface area contributed by atoms with Gasteiger partial charge in [-0.05, 0) is 39.7 Å². The molecule has 25 heavy (non-hydrogen) atoms. The molecule has 2 N–H and O–H groups in total. The number of nitriles is 1. The summed E-state index contributed by atoms with van der Waals surface area (Å²) in [5, 5.41) is 9.62. The molecule has 2 aliphatic heterocycles. The molecule has 0 aromatic heterocycles. The van der Waals surface area contributed by atoms with Gasteiger partial charge < -0.3 is 24.7 Å². The summed E-state index contributed by atoms with van der Waals surface area (Å²) in [5.74, 6) is 2.20. The van der Waals surface area contributed by atoms with Crippen LogP contribution in [0.1, 0.15) is 17.0 Å². The number of fused-ring (bicyclic) bond motifs is 2. The van der Waals surface area contributed by atoms with Crippen LogP contribution >= 0.6 is 15.9 Å². The maximum absolute atomic E-state index is 9.62. The number of halogens is 1. The molecule has 1 atom stereocenters. The number of hydrogen-bond donors (Lipinski definition) is 1. The molecule has 0 radical (unpaired) electrons. The molecule has 0 amide bonds. The Hall–Kier alpha value is -2.85. The zero-order chi connectivity index (χ0) is 17.6. The topological polar surface area (TPSA) is 86.7 Å². The van der Waals surface area contributed by atoms with Crippen molar-refractivity contribution < 1.29 is 18.9 Å². The number of methoxy groups -OCH3 is 1. The zero-order valence-corrected chi connectivity index (χ0v) is 14.8. The molecule has 7 heteroatoms. The Kier molecular flexibility index (Phi) is 3.70. The standard InChI is InChI=1S/C18H13BrN2O4/c1-22-13-3-2-9(4-12(13)19)17-10-5-15-16(24-8-23-15)6-14(10)25-18(21)11(17)7-20/h2-6,17H,8,21H2,1H3. The lowest BCUT2D eigenvalue weighted by atomic mass is 9.83. The van der Waals surface area contributed by atoms with Crippen molar-refractivity contribution in [3.05, 3.63) is 57.4 Å². The van der Waals surface area contributed by atoms with E-state index in [-0.39, 0.29) is 18.6 Å². The zero-order valence-electron chi connectivity index (χ0n) is 13.2. The minimum absolute atomic E-state index is 0.0887. The van der Waals surface area contributed by atoms with Gasteiger partial charge in [-0.25, -0.2) is 0 Å². The van der Waals surface area contributed by atoms with Crippen molar-refractivity contribution in [3.8, 4) is 29.1 Å². The first-order valence-electron chi connectivity index (χ1n) is 7.47. The molecule has 126 valence electrons. The van der Waals surface area contributed by atoms with Gasteiger partial charge in [0.2, 0.25) is 12.7 Å². The van der Waals surface area contributed by atoms with Crippen molar-refractivity contribution >= 4 is 15.9 Å². The first-order valence-corrected chi connectivity index (χ1v) is 8.26. The van der Waals surface area contributed by atoms with Crippen LogP contribution in [0.4, 0.5) is 0 Å². The van der Waals surface area contributed by atoms with Gasteiger partial charge >= 0.3 is 0 Å². The van der Waals surface area contributed by atoms with Gasteiger partial charge in [-0.1, -0.05) is 6.07 Å². The van der Waals surface area contributed by atoms with Crippen molar-refractivity contribution in [1.82, 2.24) is 0 Å². The van der Waals surface area contributed by atoms with Crippen LogP contribution in [-0.2, 0) is 0 Å². The number of nitrogens with two attached hydrogens (primary N) is 1. The number of hydrogen-bond acceptors (Lipinski definition) is 6. The van der Waals surface area contributed by atoms with Crippen molar-refractivity contribution in [2.24, 2.45) is 5.73 Å². The maximum Gasteiger partial charge on any atom is 0.231 e. The third kappa shape index (κ3) is 2.46. The van der Waals surface area contributed by atoms with Crippen LogP contribution < -0.4 is 24.7 Å². The molecule has 1 unspecified atom stereocenters. The fraction of sp³-hybridized carbons (Fsp3) is 0.167. The Labute approximate surface area is 152 Å². The summed E-state index contributed by atoms with van der Waals surface area (Å²) in [6, 6.07) is 11.4. The lowest BCUT2D eigenvalue weighted by Crippen LogP contribution is -2.21. The lowest BCUT2D eigenvalue weighted by Gasteiger charge is -2.27. The predicted octanol–water partition coefficient (Wildman–Crippen LogP) is 3.40. The van der Waals surface area contributed by atoms with E-state index in [9.17, 15) is 5.26 Å². The minimum Gasteiger partial charge on any atom is -0.496 e. The Morgan fingerprint density at radius 2 is 1.96 bits per heavy atom. The van der Waals surface area contributed by atoms with E-state index in [0.29, 0.717) is 28.6 Å². The van der Waals surface area contributed by atoms with E-state index < -0.39 is 0 Å². The van der Waals surface area contributed by atoms with Crippen molar-refractivity contribution in [2.45, 2.75) is 5.92 Å². The quantitative estimate of drug-likeness (QED) is 0.830. The average Bonchev–Trinajstić information content (AvgIpc) is 3.06. The van der Waals surface area contributed by atoms with E-state index in [1.165, 1.54) is 0 Å². The molecule has 2 aromatic carbocycles. The highest BCUT2D eigenvalue weighted by Gasteiger charge is 2.33. The molecule has 0 aliphatic carbocycles. The summed E-state index contributed by atoms with van der Waals surface area (Å²) in [6.45, 7) is 0.158. The number of nitrogens with zero attached hydrogens (tertiary/aromatic N) is 1. The Morgan fingerprint density at radius 1 is 1.20 bits per heavy atom. The molecule has 0 saturated carbocycles. The highest BCUT2D eigenvalue weighted by atomic mass is 79.9. The monoisotopic (exact) mass is 400 g/mol. The third-order valence-corrected chi connectivity index (χ3v) is 4.84. The van der Waals surface area contributed by atoms with Gasteiger partial charge in [-0.3, -0.25) is 0 Å². The van der Waals surface area contributed by atoms with Crippen LogP contribution in [-0.4, -0.2) is 13.9 Å². The van der Waals surface area contributed by atoms with Crippen LogP contribution in [0.15, 0.2) is 46.3 Å². The molecule has 2 heterocycles. The smallest absolute Gasteiger partial charge is 0.231 e. The van der Waals surface area contributed by atoms with E-state index >= 15 is 0 Å². The minimum atomic E-state index is -0.370. The second kappa shape index (κ2) is 5.90. The highest BCUT2D eigenvalue weighted by molar-refractivity contribution is 9.10. The molecule has 0 bridgehead atoms. The van der Waals surface area contributed by atoms with Gasteiger partial charge in [0, 0.05) is 11.6 Å². The maximum atomic E-state index is 9.62. The normalized spacial score (nSPS) is 17.6. The molecular formula is C18H13BrN2O4. The van der Waals surface area contributed by atoms with Crippen molar-refractivity contribution in [3.63, 3.8) is 0 Å². The number of rotatable bonds is 2. The number of ether oxygens (including phenoxy) is 4. The average molecular weight is 401 g/mol. The van der Waals surface area contributed by atoms with E-state index in [0.717, 1.165) is 15.6 Å². The summed E-state index contributed by atoms with van der Waals surface area (Å²) >= 11 is 3.49. The molecule has 2 aromatic rings. The summed E-state index contributed by atoms with van der Waals surface area (Å²) in [6.07, 6.45) is 0. The molecule has 0 fully saturated rings. The van der Waals surface area contributed by atoms with Gasteiger partial charge in [0.05, 0.1) is 17.5 Å². The van der Waals surface area contributed by atoms with Gasteiger partial charge in [0.1, 0.15) is 23.1 Å². The predicted molar refractivity (Wildman–Crippen MR) is 92.6 cm³/mol. The van der Waals surface area contributed by atoms with Gasteiger partial charge in [0.25, 0.3) is 0 Å². The molecule has 0 saturated heterocycles. The van der Waals surface area contributed by atoms with E-state index in [2.05, 4.69) is 22.0 Å². The van der Waals surface area contributed by atoms with E-state index in [4.69, 9.17) is 24.7 Å². The van der Waals surface area contributed by atoms with Gasteiger partial charge in [-0.15, -0.1) is 0 Å². The molecule has 6 nitrogen and oxygen atoms in total. The summed E-state index contributed by atoms with van der Waals surface area (Å²) in [5.41, 5.74) is 8.03. The number of allylic oxidation sites excluding steroid dienone is 1. The van der Waals surface area contributed by atoms with Crippen LogP contribution in [0.3, 0.4) is 0 Å². The summed E-state index contributed by atoms with van der Waals surface area (Å²) in [7, 11) is 1.60. The van der Waals surface area contributed by atoms with Crippen LogP contribution in [0.5, 0.6) is 23.0 Å². The highest BCUT2D eigenvalue weighted by Crippen LogP contribution is 2.48. The molecule has 2 aliphatic rings.